The van der Waals surface area contributed by atoms with Gasteiger partial charge in [0.2, 0.25) is 0 Å². The van der Waals surface area contributed by atoms with Gasteiger partial charge in [-0.25, -0.2) is 19.9 Å². The van der Waals surface area contributed by atoms with Crippen molar-refractivity contribution < 1.29 is 0 Å². The van der Waals surface area contributed by atoms with Gasteiger partial charge in [0.1, 0.15) is 0 Å². The predicted molar refractivity (Wildman–Crippen MR) is 257 cm³/mol. The third-order valence-electron chi connectivity index (χ3n) is 9.87. The van der Waals surface area contributed by atoms with E-state index in [2.05, 4.69) is 107 Å². The van der Waals surface area contributed by atoms with Crippen molar-refractivity contribution in [2.24, 2.45) is 0 Å². The molecule has 12 nitrogen and oxygen atoms in total. The summed E-state index contributed by atoms with van der Waals surface area (Å²) in [5.74, 6) is 25.7. The van der Waals surface area contributed by atoms with Crippen LogP contribution in [0.2, 0.25) is 0 Å². The lowest BCUT2D eigenvalue weighted by Gasteiger charge is -2.01. The molecule has 10 aromatic heterocycles. The number of pyridine rings is 8. The minimum Gasteiger partial charge on any atom is -0.255 e. The van der Waals surface area contributed by atoms with E-state index in [1.54, 1.807) is 74.4 Å². The average Bonchev–Trinajstić information content (AvgIpc) is 3.42. The highest BCUT2D eigenvalue weighted by Crippen LogP contribution is 2.18. The summed E-state index contributed by atoms with van der Waals surface area (Å²) in [7, 11) is 0. The molecule has 0 saturated heterocycles. The fraction of sp³-hybridized carbons (Fsp3) is 0. The highest BCUT2D eigenvalue weighted by Gasteiger charge is 2.07. The van der Waals surface area contributed by atoms with Crippen molar-refractivity contribution >= 4 is 0 Å². The Morgan fingerprint density at radius 3 is 0.618 bits per heavy atom. The minimum atomic E-state index is 0.371. The van der Waals surface area contributed by atoms with E-state index in [0.29, 0.717) is 22.8 Å². The maximum absolute atomic E-state index is 4.56. The highest BCUT2D eigenvalue weighted by molar-refractivity contribution is 5.60. The van der Waals surface area contributed by atoms with Crippen LogP contribution in [0.25, 0.3) is 57.2 Å². The molecule has 10 aromatic rings. The largest absolute Gasteiger partial charge is 0.255 e. The van der Waals surface area contributed by atoms with Gasteiger partial charge in [-0.2, -0.15) is 0 Å². The van der Waals surface area contributed by atoms with E-state index in [9.17, 15) is 0 Å². The summed E-state index contributed by atoms with van der Waals surface area (Å²) in [5.41, 5.74) is 12.0. The van der Waals surface area contributed by atoms with Crippen LogP contribution in [-0.4, -0.2) is 59.8 Å². The fourth-order valence-corrected chi connectivity index (χ4v) is 6.34. The molecule has 0 bridgehead atoms. The van der Waals surface area contributed by atoms with Gasteiger partial charge in [-0.3, -0.25) is 39.9 Å². The second kappa shape index (κ2) is 20.0. The van der Waals surface area contributed by atoms with E-state index in [-0.39, 0.29) is 0 Å². The Balaban J connectivity index is 0.702. The van der Waals surface area contributed by atoms with Gasteiger partial charge in [0.25, 0.3) is 0 Å². The van der Waals surface area contributed by atoms with Crippen molar-refractivity contribution in [3.63, 3.8) is 0 Å². The third-order valence-corrected chi connectivity index (χ3v) is 9.87. The molecular weight excluding hydrogens is 841 g/mol. The molecule has 0 N–H and O–H groups in total. The van der Waals surface area contributed by atoms with Crippen LogP contribution in [0.15, 0.2) is 184 Å². The van der Waals surface area contributed by atoms with Gasteiger partial charge in [-0.1, -0.05) is 59.5 Å². The van der Waals surface area contributed by atoms with Gasteiger partial charge in [-0.15, -0.1) is 0 Å². The molecule has 0 fully saturated rings. The summed E-state index contributed by atoms with van der Waals surface area (Å²) in [6, 6.07) is 34.3. The van der Waals surface area contributed by atoms with Crippen LogP contribution < -0.4 is 0 Å². The number of rotatable bonds is 5. The normalized spacial score (nSPS) is 10.2. The molecular formula is C56H30N12. The lowest BCUT2D eigenvalue weighted by atomic mass is 10.1. The van der Waals surface area contributed by atoms with Crippen molar-refractivity contribution in [3.05, 3.63) is 228 Å². The monoisotopic (exact) mass is 870 g/mol. The molecule has 314 valence electrons. The maximum atomic E-state index is 4.56. The van der Waals surface area contributed by atoms with Crippen LogP contribution in [0.1, 0.15) is 44.5 Å². The van der Waals surface area contributed by atoms with E-state index in [1.165, 1.54) is 0 Å². The first-order valence-electron chi connectivity index (χ1n) is 21.0. The molecule has 0 aromatic carbocycles. The van der Waals surface area contributed by atoms with Crippen molar-refractivity contribution in [2.45, 2.75) is 0 Å². The molecule has 0 unspecified atom stereocenters. The molecule has 0 amide bonds. The molecule has 10 heterocycles. The molecule has 68 heavy (non-hydrogen) atoms. The zero-order valence-corrected chi connectivity index (χ0v) is 35.7. The summed E-state index contributed by atoms with van der Waals surface area (Å²) < 4.78 is 0. The van der Waals surface area contributed by atoms with Gasteiger partial charge in [0, 0.05) is 108 Å². The number of nitrogens with zero attached hydrogens (tertiary/aromatic N) is 12. The van der Waals surface area contributed by atoms with Crippen molar-refractivity contribution in [3.8, 4) is 105 Å². The smallest absolute Gasteiger partial charge is 0.197 e. The van der Waals surface area contributed by atoms with Crippen LogP contribution in [0, 0.1) is 47.4 Å². The molecule has 0 aliphatic carbocycles. The molecule has 0 saturated carbocycles. The van der Waals surface area contributed by atoms with Crippen LogP contribution in [-0.2, 0) is 0 Å². The van der Waals surface area contributed by atoms with Gasteiger partial charge < -0.3 is 0 Å². The van der Waals surface area contributed by atoms with Crippen molar-refractivity contribution in [2.75, 3.05) is 0 Å². The van der Waals surface area contributed by atoms with Crippen LogP contribution in [0.5, 0.6) is 0 Å². The lowest BCUT2D eigenvalue weighted by Crippen LogP contribution is -1.96. The fourth-order valence-electron chi connectivity index (χ4n) is 6.34. The Labute approximate surface area is 390 Å². The summed E-state index contributed by atoms with van der Waals surface area (Å²) in [6.45, 7) is 0. The van der Waals surface area contributed by atoms with Gasteiger partial charge in [-0.05, 0) is 97.1 Å². The van der Waals surface area contributed by atoms with E-state index in [1.807, 2.05) is 109 Å². The molecule has 0 radical (unpaired) electrons. The maximum Gasteiger partial charge on any atom is 0.197 e. The van der Waals surface area contributed by atoms with Crippen molar-refractivity contribution in [1.82, 2.24) is 59.8 Å². The molecule has 0 aliphatic rings. The Kier molecular flexibility index (Phi) is 12.2. The highest BCUT2D eigenvalue weighted by atomic mass is 15.0. The standard InChI is InChI=1S/C56H30N12/c1-3-27-57-47(5-1)49-21-15-39(29-59-49)7-9-41-17-23-51(61-31-41)53-25-19-43(33-63-53)11-13-45-35-65-55(66-36-45)56-67-37-46(38-68-56)14-12-44-20-26-54(64-34-44)52-24-18-42(32-62-52)10-8-40-16-22-50(60-30-40)48-6-2-4-28-58-48/h1-6,15-38H. The second-order valence-corrected chi connectivity index (χ2v) is 14.6. The SMILES string of the molecule is C(#Cc1ccc(-c2ccc(C#Cc3cnc(-c4ncc(C#Cc5ccc(-c6ccc(C#Cc7ccc(-c8ccccn8)nc7)cn6)nc5)cn4)nc3)cn2)nc1)c1ccc(-c2ccccn2)nc1. The first kappa shape index (κ1) is 41.6. The zero-order chi connectivity index (χ0) is 45.7. The Morgan fingerprint density at radius 2 is 0.412 bits per heavy atom. The number of aromatic nitrogens is 12. The Bertz CT molecular complexity index is 3350. The molecule has 10 rings (SSSR count). The molecule has 0 atom stereocenters. The number of hydrogen-bond acceptors (Lipinski definition) is 12. The topological polar surface area (TPSA) is 155 Å². The van der Waals surface area contributed by atoms with Crippen LogP contribution in [0.3, 0.4) is 0 Å². The molecule has 0 aliphatic heterocycles. The van der Waals surface area contributed by atoms with Crippen molar-refractivity contribution in [1.29, 1.82) is 0 Å². The minimum absolute atomic E-state index is 0.371. The summed E-state index contributed by atoms with van der Waals surface area (Å²) in [4.78, 5) is 53.6. The predicted octanol–water partition coefficient (Wildman–Crippen LogP) is 8.36. The van der Waals surface area contributed by atoms with Gasteiger partial charge in [0.15, 0.2) is 11.6 Å². The average molecular weight is 871 g/mol. The first-order valence-corrected chi connectivity index (χ1v) is 21.0. The quantitative estimate of drug-likeness (QED) is 0.153. The van der Waals surface area contributed by atoms with Gasteiger partial charge >= 0.3 is 0 Å². The summed E-state index contributed by atoms with van der Waals surface area (Å²) in [5, 5.41) is 0. The van der Waals surface area contributed by atoms with E-state index < -0.39 is 0 Å². The number of hydrogen-bond donors (Lipinski definition) is 0. The molecule has 0 spiro atoms. The summed E-state index contributed by atoms with van der Waals surface area (Å²) >= 11 is 0. The Morgan fingerprint density at radius 1 is 0.191 bits per heavy atom. The summed E-state index contributed by atoms with van der Waals surface area (Å²) in [6.07, 6.45) is 20.4. The van der Waals surface area contributed by atoms with Gasteiger partial charge in [0.05, 0.1) is 56.7 Å². The Hall–Kier alpha value is -10.4. The molecule has 12 heteroatoms. The second-order valence-electron chi connectivity index (χ2n) is 14.6. The lowest BCUT2D eigenvalue weighted by molar-refractivity contribution is 1.07. The van der Waals surface area contributed by atoms with E-state index >= 15 is 0 Å². The van der Waals surface area contributed by atoms with Crippen LogP contribution >= 0.6 is 0 Å². The van der Waals surface area contributed by atoms with Crippen LogP contribution in [0.4, 0.5) is 0 Å². The first-order chi connectivity index (χ1) is 33.6. The zero-order valence-electron chi connectivity index (χ0n) is 35.7. The van der Waals surface area contributed by atoms with E-state index in [0.717, 1.165) is 78.9 Å². The van der Waals surface area contributed by atoms with E-state index in [4.69, 9.17) is 0 Å². The third kappa shape index (κ3) is 10.5.